The van der Waals surface area contributed by atoms with Gasteiger partial charge in [0, 0.05) is 23.4 Å². The molecule has 1 aromatic carbocycles. The topological polar surface area (TPSA) is 70.1 Å². The van der Waals surface area contributed by atoms with Gasteiger partial charge in [-0.2, -0.15) is 5.10 Å². The molecule has 0 saturated carbocycles. The first-order valence-electron chi connectivity index (χ1n) is 6.70. The minimum absolute atomic E-state index is 0.335. The number of nitrogens with zero attached hydrogens (tertiary/aromatic N) is 2. The molecule has 0 aliphatic carbocycles. The second-order valence-corrected chi connectivity index (χ2v) is 5.64. The average Bonchev–Trinajstić information content (AvgIpc) is 2.82. The first-order valence-corrected chi connectivity index (χ1v) is 7.69. The summed E-state index contributed by atoms with van der Waals surface area (Å²) in [7, 11) is 1.82. The number of hydrogen-bond donors (Lipinski definition) is 1. The lowest BCUT2D eigenvalue weighted by molar-refractivity contribution is 0.0525. The van der Waals surface area contributed by atoms with Crippen molar-refractivity contribution in [3.8, 4) is 0 Å². The minimum atomic E-state index is -0.335. The quantitative estimate of drug-likeness (QED) is 0.522. The number of carbonyl (C=O) groups is 1. The zero-order chi connectivity index (χ0) is 15.4. The van der Waals surface area contributed by atoms with Crippen LogP contribution < -0.4 is 5.73 Å². The van der Waals surface area contributed by atoms with Gasteiger partial charge in [0.1, 0.15) is 5.56 Å². The Labute approximate surface area is 128 Å². The molecule has 1 aromatic heterocycles. The number of aryl methyl sites for hydroxylation is 2. The predicted octanol–water partition coefficient (Wildman–Crippen LogP) is 2.78. The maximum Gasteiger partial charge on any atom is 0.341 e. The number of benzene rings is 1. The minimum Gasteiger partial charge on any atom is -0.462 e. The van der Waals surface area contributed by atoms with Gasteiger partial charge in [-0.3, -0.25) is 4.68 Å². The van der Waals surface area contributed by atoms with E-state index in [1.54, 1.807) is 29.6 Å². The molecule has 5 nitrogen and oxygen atoms in total. The summed E-state index contributed by atoms with van der Waals surface area (Å²) in [5.74, 6) is 0.275. The van der Waals surface area contributed by atoms with Crippen LogP contribution in [0, 0.1) is 6.92 Å². The van der Waals surface area contributed by atoms with Crippen molar-refractivity contribution in [2.24, 2.45) is 7.05 Å². The highest BCUT2D eigenvalue weighted by molar-refractivity contribution is 7.98. The Kier molecular flexibility index (Phi) is 4.90. The molecule has 0 saturated heterocycles. The van der Waals surface area contributed by atoms with E-state index in [9.17, 15) is 4.79 Å². The molecule has 0 aliphatic rings. The van der Waals surface area contributed by atoms with E-state index in [-0.39, 0.29) is 5.97 Å². The summed E-state index contributed by atoms with van der Waals surface area (Å²) >= 11 is 1.59. The third-order valence-corrected chi connectivity index (χ3v) is 4.29. The second kappa shape index (κ2) is 6.67. The number of anilines is 1. The van der Waals surface area contributed by atoms with Crippen LogP contribution in [-0.4, -0.2) is 22.4 Å². The van der Waals surface area contributed by atoms with E-state index in [0.29, 0.717) is 17.9 Å². The van der Waals surface area contributed by atoms with E-state index in [0.717, 1.165) is 21.8 Å². The molecule has 112 valence electrons. The molecule has 0 radical (unpaired) electrons. The average molecular weight is 305 g/mol. The maximum absolute atomic E-state index is 11.9. The third kappa shape index (κ3) is 3.39. The zero-order valence-corrected chi connectivity index (χ0v) is 13.2. The Hall–Kier alpha value is -1.95. The van der Waals surface area contributed by atoms with Crippen LogP contribution in [0.2, 0.25) is 0 Å². The van der Waals surface area contributed by atoms with E-state index in [4.69, 9.17) is 10.5 Å². The highest BCUT2D eigenvalue weighted by Crippen LogP contribution is 2.30. The number of nitrogens with two attached hydrogens (primary N) is 1. The van der Waals surface area contributed by atoms with Crippen LogP contribution in [0.3, 0.4) is 0 Å². The monoisotopic (exact) mass is 305 g/mol. The Morgan fingerprint density at radius 2 is 2.24 bits per heavy atom. The van der Waals surface area contributed by atoms with Gasteiger partial charge < -0.3 is 10.5 Å². The van der Waals surface area contributed by atoms with Crippen molar-refractivity contribution in [3.05, 3.63) is 41.2 Å². The van der Waals surface area contributed by atoms with Crippen LogP contribution in [0.1, 0.15) is 28.5 Å². The molecule has 0 aliphatic heterocycles. The first kappa shape index (κ1) is 15.4. The number of carbonyl (C=O) groups excluding carboxylic acids is 1. The number of thioether (sulfide) groups is 1. The van der Waals surface area contributed by atoms with Gasteiger partial charge >= 0.3 is 5.97 Å². The van der Waals surface area contributed by atoms with Crippen molar-refractivity contribution < 1.29 is 9.53 Å². The fraction of sp³-hybridized carbons (Fsp3) is 0.333. The van der Waals surface area contributed by atoms with E-state index in [1.165, 1.54) is 0 Å². The summed E-state index contributed by atoms with van der Waals surface area (Å²) in [6.45, 7) is 4.12. The molecule has 0 unspecified atom stereocenters. The van der Waals surface area contributed by atoms with E-state index >= 15 is 0 Å². The largest absolute Gasteiger partial charge is 0.462 e. The van der Waals surface area contributed by atoms with Gasteiger partial charge in [-0.15, -0.1) is 11.8 Å². The molecule has 2 N–H and O–H groups in total. The summed E-state index contributed by atoms with van der Waals surface area (Å²) in [5.41, 5.74) is 9.25. The fourth-order valence-corrected chi connectivity index (χ4v) is 3.06. The van der Waals surface area contributed by atoms with Gasteiger partial charge in [-0.05, 0) is 25.5 Å². The molecule has 6 heteroatoms. The van der Waals surface area contributed by atoms with Crippen LogP contribution >= 0.6 is 11.8 Å². The molecular formula is C15H19N3O2S. The van der Waals surface area contributed by atoms with E-state index in [2.05, 4.69) is 5.10 Å². The second-order valence-electron chi connectivity index (χ2n) is 4.62. The van der Waals surface area contributed by atoms with Crippen molar-refractivity contribution in [3.63, 3.8) is 0 Å². The van der Waals surface area contributed by atoms with Crippen molar-refractivity contribution in [2.75, 3.05) is 12.3 Å². The Morgan fingerprint density at radius 3 is 2.95 bits per heavy atom. The summed E-state index contributed by atoms with van der Waals surface area (Å²) in [6, 6.07) is 5.93. The molecule has 2 rings (SSSR count). The highest BCUT2D eigenvalue weighted by Gasteiger charge is 2.17. The number of aromatic nitrogens is 2. The Bertz CT molecular complexity index is 652. The Balaban J connectivity index is 2.18. The maximum atomic E-state index is 11.9. The lowest BCUT2D eigenvalue weighted by Crippen LogP contribution is -2.08. The smallest absolute Gasteiger partial charge is 0.341 e. The normalized spacial score (nSPS) is 10.6. The van der Waals surface area contributed by atoms with Crippen LogP contribution in [0.25, 0.3) is 0 Å². The molecule has 0 spiro atoms. The van der Waals surface area contributed by atoms with Crippen molar-refractivity contribution in [2.45, 2.75) is 24.5 Å². The van der Waals surface area contributed by atoms with Gasteiger partial charge in [0.25, 0.3) is 0 Å². The number of ether oxygens (including phenoxy) is 1. The van der Waals surface area contributed by atoms with Crippen molar-refractivity contribution >= 4 is 23.4 Å². The van der Waals surface area contributed by atoms with Crippen LogP contribution in [0.4, 0.5) is 5.69 Å². The highest BCUT2D eigenvalue weighted by atomic mass is 32.2. The lowest BCUT2D eigenvalue weighted by Gasteiger charge is -2.09. The Morgan fingerprint density at radius 1 is 1.48 bits per heavy atom. The van der Waals surface area contributed by atoms with Crippen molar-refractivity contribution in [1.82, 2.24) is 9.78 Å². The number of nitrogen functional groups attached to an aromatic ring is 1. The number of hydrogen-bond acceptors (Lipinski definition) is 5. The summed E-state index contributed by atoms with van der Waals surface area (Å²) in [4.78, 5) is 12.9. The van der Waals surface area contributed by atoms with Crippen LogP contribution in [0.5, 0.6) is 0 Å². The predicted molar refractivity (Wildman–Crippen MR) is 84.3 cm³/mol. The number of esters is 1. The van der Waals surface area contributed by atoms with Gasteiger partial charge in [0.15, 0.2) is 0 Å². The summed E-state index contributed by atoms with van der Waals surface area (Å²) in [5, 5.41) is 4.14. The summed E-state index contributed by atoms with van der Waals surface area (Å²) < 4.78 is 6.75. The zero-order valence-electron chi connectivity index (χ0n) is 12.4. The van der Waals surface area contributed by atoms with Crippen LogP contribution in [-0.2, 0) is 17.5 Å². The molecule has 0 fully saturated rings. The molecule has 0 bridgehead atoms. The van der Waals surface area contributed by atoms with Gasteiger partial charge in [-0.25, -0.2) is 4.79 Å². The molecule has 0 amide bonds. The number of para-hydroxylation sites is 1. The van der Waals surface area contributed by atoms with E-state index in [1.807, 2.05) is 32.2 Å². The standard InChI is InChI=1S/C15H19N3O2S/c1-4-20-15(19)11-8-17-18(3)12(11)9-21-13-7-5-6-10(2)14(13)16/h5-8H,4,9,16H2,1-3H3. The first-order chi connectivity index (χ1) is 10.0. The van der Waals surface area contributed by atoms with Gasteiger partial charge in [0.2, 0.25) is 0 Å². The van der Waals surface area contributed by atoms with E-state index < -0.39 is 0 Å². The van der Waals surface area contributed by atoms with Crippen LogP contribution in [0.15, 0.2) is 29.3 Å². The third-order valence-electron chi connectivity index (χ3n) is 3.21. The molecule has 21 heavy (non-hydrogen) atoms. The molecular weight excluding hydrogens is 286 g/mol. The van der Waals surface area contributed by atoms with Gasteiger partial charge in [0.05, 0.1) is 18.5 Å². The molecule has 0 atom stereocenters. The van der Waals surface area contributed by atoms with Crippen molar-refractivity contribution in [1.29, 1.82) is 0 Å². The van der Waals surface area contributed by atoms with Gasteiger partial charge in [-0.1, -0.05) is 12.1 Å². The molecule has 1 heterocycles. The lowest BCUT2D eigenvalue weighted by atomic mass is 10.2. The molecule has 2 aromatic rings. The number of rotatable bonds is 5. The SMILES string of the molecule is CCOC(=O)c1cnn(C)c1CSc1cccc(C)c1N. The fourth-order valence-electron chi connectivity index (χ4n) is 1.94. The summed E-state index contributed by atoms with van der Waals surface area (Å²) in [6.07, 6.45) is 1.55.